The molecule has 0 bridgehead atoms. The monoisotopic (exact) mass is 379 g/mol. The van der Waals surface area contributed by atoms with E-state index in [0.717, 1.165) is 19.6 Å². The Morgan fingerprint density at radius 1 is 1.11 bits per heavy atom. The van der Waals surface area contributed by atoms with Crippen LogP contribution in [0.3, 0.4) is 0 Å². The third-order valence-electron chi connectivity index (χ3n) is 4.28. The van der Waals surface area contributed by atoms with Gasteiger partial charge in [-0.3, -0.25) is 14.5 Å². The highest BCUT2D eigenvalue weighted by atomic mass is 16.5. The van der Waals surface area contributed by atoms with Gasteiger partial charge in [-0.15, -0.1) is 0 Å². The first-order chi connectivity index (χ1) is 13.7. The maximum Gasteiger partial charge on any atom is 0.274 e. The highest BCUT2D eigenvalue weighted by Gasteiger charge is 2.14. The number of carbonyl (C=O) groups is 2. The number of nitrogens with one attached hydrogen (secondary N) is 2. The van der Waals surface area contributed by atoms with Crippen LogP contribution in [0.4, 0.5) is 5.69 Å². The number of morpholine rings is 1. The Bertz CT molecular complexity index is 887. The largest absolute Gasteiger partial charge is 0.379 e. The first-order valence-corrected chi connectivity index (χ1v) is 9.02. The maximum absolute atomic E-state index is 12.4. The molecule has 1 saturated heterocycles. The summed E-state index contributed by atoms with van der Waals surface area (Å²) in [6, 6.07) is 13.3. The van der Waals surface area contributed by atoms with Gasteiger partial charge in [0.25, 0.3) is 11.8 Å². The van der Waals surface area contributed by atoms with Crippen LogP contribution in [0.1, 0.15) is 26.5 Å². The van der Waals surface area contributed by atoms with E-state index in [4.69, 9.17) is 10.00 Å². The maximum atomic E-state index is 12.4. The first-order valence-electron chi connectivity index (χ1n) is 9.02. The Labute approximate surface area is 163 Å². The van der Waals surface area contributed by atoms with E-state index in [1.807, 2.05) is 6.07 Å². The fraction of sp³-hybridized carbons (Fsp3) is 0.300. The normalized spacial score (nSPS) is 14.1. The molecular formula is C20H21N5O3. The van der Waals surface area contributed by atoms with Crippen LogP contribution < -0.4 is 10.6 Å². The van der Waals surface area contributed by atoms with E-state index in [9.17, 15) is 9.59 Å². The van der Waals surface area contributed by atoms with E-state index in [1.54, 1.807) is 36.4 Å². The van der Waals surface area contributed by atoms with E-state index in [2.05, 4.69) is 20.5 Å². The van der Waals surface area contributed by atoms with Crippen molar-refractivity contribution in [2.24, 2.45) is 0 Å². The topological polar surface area (TPSA) is 107 Å². The van der Waals surface area contributed by atoms with Crippen molar-refractivity contribution in [3.05, 3.63) is 59.4 Å². The third kappa shape index (κ3) is 5.36. The zero-order valence-electron chi connectivity index (χ0n) is 15.4. The number of ether oxygens (including phenoxy) is 1. The van der Waals surface area contributed by atoms with Crippen molar-refractivity contribution >= 4 is 17.5 Å². The zero-order valence-corrected chi connectivity index (χ0v) is 15.4. The summed E-state index contributed by atoms with van der Waals surface area (Å²) in [5.41, 5.74) is 1.24. The number of benzene rings is 1. The Kier molecular flexibility index (Phi) is 6.68. The number of nitrogens with zero attached hydrogens (tertiary/aromatic N) is 3. The van der Waals surface area contributed by atoms with Crippen LogP contribution in [-0.4, -0.2) is 61.1 Å². The SMILES string of the molecule is N#Cc1cccc(NC(=O)c2cccc(C(=O)NCCN3CCOCC3)n2)c1. The fourth-order valence-electron chi connectivity index (χ4n) is 2.79. The summed E-state index contributed by atoms with van der Waals surface area (Å²) in [6.07, 6.45) is 0. The van der Waals surface area contributed by atoms with Gasteiger partial charge in [0.15, 0.2) is 0 Å². The van der Waals surface area contributed by atoms with Gasteiger partial charge in [-0.05, 0) is 30.3 Å². The summed E-state index contributed by atoms with van der Waals surface area (Å²) in [4.78, 5) is 31.1. The fourth-order valence-corrected chi connectivity index (χ4v) is 2.79. The number of carbonyl (C=O) groups excluding carboxylic acids is 2. The molecule has 144 valence electrons. The average Bonchev–Trinajstić information content (AvgIpc) is 2.74. The summed E-state index contributed by atoms with van der Waals surface area (Å²) in [5, 5.41) is 14.4. The van der Waals surface area contributed by atoms with E-state index in [-0.39, 0.29) is 17.3 Å². The van der Waals surface area contributed by atoms with Crippen molar-refractivity contribution in [2.75, 3.05) is 44.7 Å². The standard InChI is InChI=1S/C20H21N5O3/c21-14-15-3-1-4-16(13-15)23-20(27)18-6-2-5-17(24-18)19(26)22-7-8-25-9-11-28-12-10-25/h1-6,13H,7-12H2,(H,22,26)(H,23,27). The van der Waals surface area contributed by atoms with Crippen molar-refractivity contribution in [1.29, 1.82) is 5.26 Å². The molecule has 0 saturated carbocycles. The molecule has 1 fully saturated rings. The lowest BCUT2D eigenvalue weighted by Crippen LogP contribution is -2.41. The predicted molar refractivity (Wildman–Crippen MR) is 103 cm³/mol. The van der Waals surface area contributed by atoms with Gasteiger partial charge in [0.2, 0.25) is 0 Å². The molecular weight excluding hydrogens is 358 g/mol. The molecule has 0 aliphatic carbocycles. The third-order valence-corrected chi connectivity index (χ3v) is 4.28. The Morgan fingerprint density at radius 3 is 2.57 bits per heavy atom. The summed E-state index contributed by atoms with van der Waals surface area (Å²) in [6.45, 7) is 4.38. The van der Waals surface area contributed by atoms with Crippen LogP contribution in [0, 0.1) is 11.3 Å². The van der Waals surface area contributed by atoms with Gasteiger partial charge in [0.05, 0.1) is 24.8 Å². The van der Waals surface area contributed by atoms with E-state index < -0.39 is 5.91 Å². The molecule has 0 radical (unpaired) electrons. The smallest absolute Gasteiger partial charge is 0.274 e. The number of nitriles is 1. The quantitative estimate of drug-likeness (QED) is 0.783. The molecule has 2 N–H and O–H groups in total. The second-order valence-corrected chi connectivity index (χ2v) is 6.26. The Morgan fingerprint density at radius 2 is 1.82 bits per heavy atom. The van der Waals surface area contributed by atoms with Crippen molar-refractivity contribution in [3.63, 3.8) is 0 Å². The predicted octanol–water partition coefficient (Wildman–Crippen LogP) is 1.27. The number of aromatic nitrogens is 1. The highest BCUT2D eigenvalue weighted by Crippen LogP contribution is 2.11. The molecule has 0 spiro atoms. The number of pyridine rings is 1. The van der Waals surface area contributed by atoms with Crippen LogP contribution in [-0.2, 0) is 4.74 Å². The lowest BCUT2D eigenvalue weighted by molar-refractivity contribution is 0.0383. The number of rotatable bonds is 6. The van der Waals surface area contributed by atoms with Gasteiger partial charge >= 0.3 is 0 Å². The van der Waals surface area contributed by atoms with Gasteiger partial charge in [0, 0.05) is 31.9 Å². The summed E-state index contributed by atoms with van der Waals surface area (Å²) < 4.78 is 5.29. The molecule has 8 heteroatoms. The van der Waals surface area contributed by atoms with E-state index in [0.29, 0.717) is 31.0 Å². The lowest BCUT2D eigenvalue weighted by Gasteiger charge is -2.26. The number of hydrogen-bond acceptors (Lipinski definition) is 6. The number of amides is 2. The van der Waals surface area contributed by atoms with Gasteiger partial charge in [-0.1, -0.05) is 12.1 Å². The van der Waals surface area contributed by atoms with E-state index >= 15 is 0 Å². The second-order valence-electron chi connectivity index (χ2n) is 6.26. The Balaban J connectivity index is 1.57. The summed E-state index contributed by atoms with van der Waals surface area (Å²) in [7, 11) is 0. The van der Waals surface area contributed by atoms with Gasteiger partial charge in [-0.2, -0.15) is 5.26 Å². The summed E-state index contributed by atoms with van der Waals surface area (Å²) in [5.74, 6) is -0.771. The van der Waals surface area contributed by atoms with Crippen molar-refractivity contribution < 1.29 is 14.3 Å². The lowest BCUT2D eigenvalue weighted by atomic mass is 10.2. The van der Waals surface area contributed by atoms with Gasteiger partial charge in [-0.25, -0.2) is 4.98 Å². The summed E-state index contributed by atoms with van der Waals surface area (Å²) >= 11 is 0. The van der Waals surface area contributed by atoms with Crippen LogP contribution in [0.15, 0.2) is 42.5 Å². The number of hydrogen-bond donors (Lipinski definition) is 2. The molecule has 1 aliphatic heterocycles. The number of anilines is 1. The van der Waals surface area contributed by atoms with Crippen molar-refractivity contribution in [3.8, 4) is 6.07 Å². The molecule has 8 nitrogen and oxygen atoms in total. The minimum Gasteiger partial charge on any atom is -0.379 e. The van der Waals surface area contributed by atoms with Crippen molar-refractivity contribution in [2.45, 2.75) is 0 Å². The molecule has 28 heavy (non-hydrogen) atoms. The molecule has 1 aromatic heterocycles. The minimum atomic E-state index is -0.446. The van der Waals surface area contributed by atoms with Gasteiger partial charge < -0.3 is 15.4 Å². The van der Waals surface area contributed by atoms with Crippen LogP contribution in [0.25, 0.3) is 0 Å². The molecule has 1 aromatic carbocycles. The van der Waals surface area contributed by atoms with E-state index in [1.165, 1.54) is 6.07 Å². The van der Waals surface area contributed by atoms with Crippen LogP contribution in [0.2, 0.25) is 0 Å². The Hall–Kier alpha value is -3.28. The molecule has 0 atom stereocenters. The molecule has 2 heterocycles. The second kappa shape index (κ2) is 9.60. The molecule has 0 unspecified atom stereocenters. The molecule has 2 amide bonds. The van der Waals surface area contributed by atoms with Gasteiger partial charge in [0.1, 0.15) is 11.4 Å². The highest BCUT2D eigenvalue weighted by molar-refractivity contribution is 6.03. The minimum absolute atomic E-state index is 0.128. The van der Waals surface area contributed by atoms with Crippen molar-refractivity contribution in [1.82, 2.24) is 15.2 Å². The molecule has 2 aromatic rings. The first kappa shape index (κ1) is 19.5. The zero-order chi connectivity index (χ0) is 19.8. The van der Waals surface area contributed by atoms with Crippen LogP contribution in [0.5, 0.6) is 0 Å². The van der Waals surface area contributed by atoms with Crippen LogP contribution >= 0.6 is 0 Å². The average molecular weight is 379 g/mol. The molecule has 3 rings (SSSR count). The molecule has 1 aliphatic rings.